The zero-order valence-electron chi connectivity index (χ0n) is 10.7. The van der Waals surface area contributed by atoms with Gasteiger partial charge in [0.05, 0.1) is 18.8 Å². The van der Waals surface area contributed by atoms with Gasteiger partial charge in [-0.15, -0.1) is 0 Å². The number of rotatable bonds is 3. The molecule has 1 aromatic carbocycles. The second-order valence-electron chi connectivity index (χ2n) is 4.74. The molecule has 0 spiro atoms. The van der Waals surface area contributed by atoms with Crippen LogP contribution < -0.4 is 5.73 Å². The minimum atomic E-state index is -0.0238. The van der Waals surface area contributed by atoms with E-state index in [9.17, 15) is 0 Å². The highest BCUT2D eigenvalue weighted by molar-refractivity contribution is 5.25. The second kappa shape index (κ2) is 5.63. The molecule has 0 aromatic heterocycles. The Morgan fingerprint density at radius 1 is 1.53 bits per heavy atom. The monoisotopic (exact) mass is 234 g/mol. The Morgan fingerprint density at radius 3 is 3.06 bits per heavy atom. The first-order valence-corrected chi connectivity index (χ1v) is 6.37. The number of nitrogens with zero attached hydrogens (tertiary/aromatic N) is 1. The highest BCUT2D eigenvalue weighted by Crippen LogP contribution is 2.20. The minimum absolute atomic E-state index is 0.0238. The van der Waals surface area contributed by atoms with Crippen molar-refractivity contribution in [3.8, 4) is 0 Å². The topological polar surface area (TPSA) is 38.5 Å². The fourth-order valence-corrected chi connectivity index (χ4v) is 2.33. The average molecular weight is 234 g/mol. The van der Waals surface area contributed by atoms with Crippen molar-refractivity contribution in [2.45, 2.75) is 26.0 Å². The van der Waals surface area contributed by atoms with E-state index in [1.807, 2.05) is 0 Å². The number of hydrogen-bond acceptors (Lipinski definition) is 3. The number of benzene rings is 1. The van der Waals surface area contributed by atoms with E-state index in [0.29, 0.717) is 0 Å². The third kappa shape index (κ3) is 3.06. The van der Waals surface area contributed by atoms with Gasteiger partial charge in [-0.2, -0.15) is 0 Å². The predicted molar refractivity (Wildman–Crippen MR) is 70.0 cm³/mol. The Balaban J connectivity index is 2.06. The van der Waals surface area contributed by atoms with Crippen LogP contribution in [-0.4, -0.2) is 37.2 Å². The third-order valence-corrected chi connectivity index (χ3v) is 3.45. The summed E-state index contributed by atoms with van der Waals surface area (Å²) in [5.74, 6) is 0. The first-order chi connectivity index (χ1) is 8.20. The molecule has 2 unspecified atom stereocenters. The molecule has 1 heterocycles. The largest absolute Gasteiger partial charge is 0.374 e. The second-order valence-corrected chi connectivity index (χ2v) is 4.74. The van der Waals surface area contributed by atoms with E-state index in [1.165, 1.54) is 11.1 Å². The van der Waals surface area contributed by atoms with Crippen molar-refractivity contribution in [1.29, 1.82) is 0 Å². The summed E-state index contributed by atoms with van der Waals surface area (Å²) in [5.41, 5.74) is 8.73. The molecule has 2 N–H and O–H groups in total. The van der Waals surface area contributed by atoms with Gasteiger partial charge in [0.2, 0.25) is 0 Å². The van der Waals surface area contributed by atoms with Crippen LogP contribution >= 0.6 is 0 Å². The summed E-state index contributed by atoms with van der Waals surface area (Å²) in [4.78, 5) is 2.39. The number of likely N-dealkylation sites (N-methyl/N-ethyl adjacent to an activating group) is 1. The van der Waals surface area contributed by atoms with Crippen LogP contribution in [0.15, 0.2) is 24.3 Å². The number of nitrogens with two attached hydrogens (primary N) is 1. The Hall–Kier alpha value is -0.900. The van der Waals surface area contributed by atoms with Crippen LogP contribution in [0, 0.1) is 6.92 Å². The van der Waals surface area contributed by atoms with Gasteiger partial charge in [0.15, 0.2) is 0 Å². The minimum Gasteiger partial charge on any atom is -0.374 e. The van der Waals surface area contributed by atoms with Gasteiger partial charge in [0.25, 0.3) is 0 Å². The maximum absolute atomic E-state index is 6.30. The molecular weight excluding hydrogens is 212 g/mol. The zero-order chi connectivity index (χ0) is 12.3. The van der Waals surface area contributed by atoms with E-state index in [-0.39, 0.29) is 12.1 Å². The molecule has 2 atom stereocenters. The molecule has 3 nitrogen and oxygen atoms in total. The van der Waals surface area contributed by atoms with Gasteiger partial charge in [0.1, 0.15) is 0 Å². The normalized spacial score (nSPS) is 23.6. The van der Waals surface area contributed by atoms with E-state index in [1.54, 1.807) is 0 Å². The van der Waals surface area contributed by atoms with Crippen LogP contribution in [0.1, 0.15) is 24.1 Å². The molecule has 94 valence electrons. The molecule has 3 heteroatoms. The molecule has 17 heavy (non-hydrogen) atoms. The first kappa shape index (κ1) is 12.6. The lowest BCUT2D eigenvalue weighted by Gasteiger charge is -2.35. The summed E-state index contributed by atoms with van der Waals surface area (Å²) in [6, 6.07) is 8.37. The van der Waals surface area contributed by atoms with E-state index < -0.39 is 0 Å². The molecule has 0 bridgehead atoms. The lowest BCUT2D eigenvalue weighted by atomic mass is 9.99. The standard InChI is InChI=1S/C14H22N2O/c1-3-16-7-8-17-13(10-16)14(15)12-6-4-5-11(2)9-12/h4-6,9,13-14H,3,7-8,10,15H2,1-2H3. The van der Waals surface area contributed by atoms with E-state index in [2.05, 4.69) is 43.0 Å². The fourth-order valence-electron chi connectivity index (χ4n) is 2.33. The summed E-state index contributed by atoms with van der Waals surface area (Å²) in [6.07, 6.45) is 0.116. The van der Waals surface area contributed by atoms with Crippen LogP contribution in [-0.2, 0) is 4.74 Å². The van der Waals surface area contributed by atoms with Gasteiger partial charge in [-0.3, -0.25) is 4.90 Å². The Morgan fingerprint density at radius 2 is 2.35 bits per heavy atom. The maximum atomic E-state index is 6.30. The summed E-state index contributed by atoms with van der Waals surface area (Å²) in [5, 5.41) is 0. The molecule has 1 fully saturated rings. The van der Waals surface area contributed by atoms with Crippen molar-refractivity contribution in [2.24, 2.45) is 5.73 Å². The van der Waals surface area contributed by atoms with Crippen molar-refractivity contribution >= 4 is 0 Å². The van der Waals surface area contributed by atoms with E-state index >= 15 is 0 Å². The summed E-state index contributed by atoms with van der Waals surface area (Å²) in [6.45, 7) is 8.09. The van der Waals surface area contributed by atoms with Crippen LogP contribution in [0.3, 0.4) is 0 Å². The maximum Gasteiger partial charge on any atom is 0.0894 e. The molecule has 0 saturated carbocycles. The lowest BCUT2D eigenvalue weighted by molar-refractivity contribution is -0.0392. The smallest absolute Gasteiger partial charge is 0.0894 e. The highest BCUT2D eigenvalue weighted by atomic mass is 16.5. The average Bonchev–Trinajstić information content (AvgIpc) is 2.38. The fraction of sp³-hybridized carbons (Fsp3) is 0.571. The van der Waals surface area contributed by atoms with Gasteiger partial charge in [0, 0.05) is 13.1 Å². The molecule has 1 saturated heterocycles. The molecule has 1 aromatic rings. The molecule has 1 aliphatic heterocycles. The van der Waals surface area contributed by atoms with Gasteiger partial charge >= 0.3 is 0 Å². The van der Waals surface area contributed by atoms with Gasteiger partial charge in [-0.25, -0.2) is 0 Å². The van der Waals surface area contributed by atoms with Gasteiger partial charge in [-0.1, -0.05) is 36.8 Å². The summed E-state index contributed by atoms with van der Waals surface area (Å²) in [7, 11) is 0. The van der Waals surface area contributed by atoms with Crippen LogP contribution in [0.4, 0.5) is 0 Å². The van der Waals surface area contributed by atoms with Crippen molar-refractivity contribution in [3.63, 3.8) is 0 Å². The molecule has 2 rings (SSSR count). The molecule has 0 amide bonds. The number of aryl methyl sites for hydroxylation is 1. The van der Waals surface area contributed by atoms with Gasteiger partial charge in [-0.05, 0) is 19.0 Å². The number of morpholine rings is 1. The molecular formula is C14H22N2O. The molecule has 1 aliphatic rings. The van der Waals surface area contributed by atoms with Crippen LogP contribution in [0.25, 0.3) is 0 Å². The predicted octanol–water partition coefficient (Wildman–Crippen LogP) is 1.72. The van der Waals surface area contributed by atoms with Crippen LogP contribution in [0.2, 0.25) is 0 Å². The Kier molecular flexibility index (Phi) is 4.15. The van der Waals surface area contributed by atoms with Crippen LogP contribution in [0.5, 0.6) is 0 Å². The summed E-state index contributed by atoms with van der Waals surface area (Å²) < 4.78 is 5.80. The van der Waals surface area contributed by atoms with E-state index in [0.717, 1.165) is 26.2 Å². The number of ether oxygens (including phenoxy) is 1. The number of hydrogen-bond donors (Lipinski definition) is 1. The molecule has 0 radical (unpaired) electrons. The quantitative estimate of drug-likeness (QED) is 0.865. The third-order valence-electron chi connectivity index (χ3n) is 3.45. The van der Waals surface area contributed by atoms with Crippen molar-refractivity contribution in [1.82, 2.24) is 4.90 Å². The van der Waals surface area contributed by atoms with Crippen molar-refractivity contribution in [3.05, 3.63) is 35.4 Å². The molecule has 0 aliphatic carbocycles. The van der Waals surface area contributed by atoms with Gasteiger partial charge < -0.3 is 10.5 Å². The summed E-state index contributed by atoms with van der Waals surface area (Å²) >= 11 is 0. The zero-order valence-corrected chi connectivity index (χ0v) is 10.7. The van der Waals surface area contributed by atoms with E-state index in [4.69, 9.17) is 10.5 Å². The first-order valence-electron chi connectivity index (χ1n) is 6.37. The SMILES string of the molecule is CCN1CCOC(C(N)c2cccc(C)c2)C1. The lowest BCUT2D eigenvalue weighted by Crippen LogP contribution is -2.46. The Bertz CT molecular complexity index is 367. The van der Waals surface area contributed by atoms with Crippen molar-refractivity contribution in [2.75, 3.05) is 26.2 Å². The highest BCUT2D eigenvalue weighted by Gasteiger charge is 2.26. The van der Waals surface area contributed by atoms with Crippen molar-refractivity contribution < 1.29 is 4.74 Å². The Labute approximate surface area is 104 Å².